The maximum atomic E-state index is 13.3. The van der Waals surface area contributed by atoms with E-state index in [2.05, 4.69) is 17.0 Å². The van der Waals surface area contributed by atoms with Gasteiger partial charge in [0.2, 0.25) is 0 Å². The van der Waals surface area contributed by atoms with Gasteiger partial charge < -0.3 is 19.3 Å². The number of rotatable bonds is 5. The highest BCUT2D eigenvalue weighted by molar-refractivity contribution is 5.97. The fourth-order valence-electron chi connectivity index (χ4n) is 4.69. The Hall–Kier alpha value is -3.64. The Kier molecular flexibility index (Phi) is 6.32. The Morgan fingerprint density at radius 1 is 1.00 bits per heavy atom. The number of hydrogen-bond acceptors (Lipinski definition) is 5. The van der Waals surface area contributed by atoms with Crippen LogP contribution in [-0.2, 0) is 22.4 Å². The smallest absolute Gasteiger partial charge is 0.339 e. The second-order valence-electron chi connectivity index (χ2n) is 8.77. The topological polar surface area (TPSA) is 59.1 Å². The molecule has 6 nitrogen and oxygen atoms in total. The van der Waals surface area contributed by atoms with Gasteiger partial charge in [0.15, 0.2) is 0 Å². The molecule has 34 heavy (non-hydrogen) atoms. The number of fused-ring (bicyclic) bond motifs is 1. The van der Waals surface area contributed by atoms with Gasteiger partial charge >= 0.3 is 5.97 Å². The SMILES string of the molecule is CN(Cc1ccccc1N1CCOCC1)C(=O)c1ccc2c(c1)CC(c1ccccc1)OC2=O. The quantitative estimate of drug-likeness (QED) is 0.538. The lowest BCUT2D eigenvalue weighted by molar-refractivity contribution is 0.0252. The molecule has 1 amide bonds. The van der Waals surface area contributed by atoms with Crippen LogP contribution in [0, 0.1) is 0 Å². The molecule has 1 fully saturated rings. The van der Waals surface area contributed by atoms with E-state index >= 15 is 0 Å². The standard InChI is InChI=1S/C28H28N2O4/c1-29(19-22-9-5-6-10-25(22)30-13-15-33-16-14-30)27(31)21-11-12-24-23(17-21)18-26(34-28(24)32)20-7-3-2-4-8-20/h2-12,17,26H,13-16,18-19H2,1H3. The number of amides is 1. The second-order valence-corrected chi connectivity index (χ2v) is 8.77. The largest absolute Gasteiger partial charge is 0.454 e. The van der Waals surface area contributed by atoms with Crippen molar-refractivity contribution in [3.05, 3.63) is 101 Å². The predicted molar refractivity (Wildman–Crippen MR) is 130 cm³/mol. The molecule has 0 aromatic heterocycles. The van der Waals surface area contributed by atoms with Gasteiger partial charge in [-0.2, -0.15) is 0 Å². The van der Waals surface area contributed by atoms with Crippen molar-refractivity contribution in [1.82, 2.24) is 4.90 Å². The normalized spacial score (nSPS) is 17.6. The third-order valence-corrected chi connectivity index (χ3v) is 6.50. The number of esters is 1. The number of carbonyl (C=O) groups is 2. The molecule has 6 heteroatoms. The minimum absolute atomic E-state index is 0.0743. The summed E-state index contributed by atoms with van der Waals surface area (Å²) in [5, 5.41) is 0. The zero-order valence-corrected chi connectivity index (χ0v) is 19.3. The van der Waals surface area contributed by atoms with E-state index in [1.165, 1.54) is 0 Å². The van der Waals surface area contributed by atoms with Gasteiger partial charge in [-0.3, -0.25) is 4.79 Å². The number of hydrogen-bond donors (Lipinski definition) is 0. The highest BCUT2D eigenvalue weighted by Gasteiger charge is 2.28. The van der Waals surface area contributed by atoms with Crippen LogP contribution in [0.25, 0.3) is 0 Å². The first-order valence-corrected chi connectivity index (χ1v) is 11.6. The lowest BCUT2D eigenvalue weighted by Gasteiger charge is -2.31. The summed E-state index contributed by atoms with van der Waals surface area (Å²) in [4.78, 5) is 30.0. The average molecular weight is 457 g/mol. The molecular formula is C28H28N2O4. The maximum absolute atomic E-state index is 13.3. The monoisotopic (exact) mass is 456 g/mol. The van der Waals surface area contributed by atoms with Crippen molar-refractivity contribution in [3.8, 4) is 0 Å². The molecule has 0 spiro atoms. The first-order chi connectivity index (χ1) is 16.6. The molecule has 0 bridgehead atoms. The third kappa shape index (κ3) is 4.54. The Bertz CT molecular complexity index is 1190. The average Bonchev–Trinajstić information content (AvgIpc) is 2.89. The highest BCUT2D eigenvalue weighted by atomic mass is 16.5. The van der Waals surface area contributed by atoms with Crippen LogP contribution in [0.1, 0.15) is 43.5 Å². The fraction of sp³-hybridized carbons (Fsp3) is 0.286. The van der Waals surface area contributed by atoms with Gasteiger partial charge in [0, 0.05) is 44.4 Å². The van der Waals surface area contributed by atoms with Gasteiger partial charge in [-0.1, -0.05) is 48.5 Å². The molecule has 2 aliphatic rings. The number of nitrogens with zero attached hydrogens (tertiary/aromatic N) is 2. The number of carbonyl (C=O) groups excluding carboxylic acids is 2. The summed E-state index contributed by atoms with van der Waals surface area (Å²) in [6.45, 7) is 3.61. The highest BCUT2D eigenvalue weighted by Crippen LogP contribution is 2.31. The van der Waals surface area contributed by atoms with Crippen LogP contribution in [0.5, 0.6) is 0 Å². The molecule has 0 aliphatic carbocycles. The molecule has 1 unspecified atom stereocenters. The molecule has 1 atom stereocenters. The number of ether oxygens (including phenoxy) is 2. The summed E-state index contributed by atoms with van der Waals surface area (Å²) in [7, 11) is 1.82. The third-order valence-electron chi connectivity index (χ3n) is 6.50. The molecule has 1 saturated heterocycles. The zero-order chi connectivity index (χ0) is 23.5. The van der Waals surface area contributed by atoms with E-state index in [0.29, 0.717) is 37.3 Å². The minimum atomic E-state index is -0.345. The van der Waals surface area contributed by atoms with Gasteiger partial charge in [-0.05, 0) is 41.0 Å². The first kappa shape index (κ1) is 22.2. The van der Waals surface area contributed by atoms with Crippen molar-refractivity contribution in [1.29, 1.82) is 0 Å². The van der Waals surface area contributed by atoms with Crippen molar-refractivity contribution < 1.29 is 19.1 Å². The van der Waals surface area contributed by atoms with Gasteiger partial charge in [0.25, 0.3) is 5.91 Å². The summed E-state index contributed by atoms with van der Waals surface area (Å²) in [5.41, 5.74) is 5.15. The van der Waals surface area contributed by atoms with Crippen LogP contribution >= 0.6 is 0 Å². The fourth-order valence-corrected chi connectivity index (χ4v) is 4.69. The van der Waals surface area contributed by atoms with Crippen molar-refractivity contribution in [2.24, 2.45) is 0 Å². The van der Waals surface area contributed by atoms with Crippen LogP contribution < -0.4 is 4.90 Å². The molecule has 2 heterocycles. The molecule has 3 aromatic rings. The Morgan fingerprint density at radius 3 is 2.53 bits per heavy atom. The van der Waals surface area contributed by atoms with Crippen LogP contribution in [0.2, 0.25) is 0 Å². The van der Waals surface area contributed by atoms with E-state index in [1.54, 1.807) is 17.0 Å². The molecule has 0 radical (unpaired) electrons. The van der Waals surface area contributed by atoms with E-state index in [0.717, 1.165) is 35.5 Å². The Labute approximate surface area is 199 Å². The number of benzene rings is 3. The van der Waals surface area contributed by atoms with Gasteiger partial charge in [0.1, 0.15) is 6.10 Å². The van der Waals surface area contributed by atoms with Crippen LogP contribution in [0.4, 0.5) is 5.69 Å². The number of para-hydroxylation sites is 1. The van der Waals surface area contributed by atoms with Crippen molar-refractivity contribution in [2.45, 2.75) is 19.1 Å². The Balaban J connectivity index is 1.34. The van der Waals surface area contributed by atoms with Crippen molar-refractivity contribution >= 4 is 17.6 Å². The van der Waals surface area contributed by atoms with Crippen molar-refractivity contribution in [3.63, 3.8) is 0 Å². The van der Waals surface area contributed by atoms with Gasteiger partial charge in [0.05, 0.1) is 18.8 Å². The van der Waals surface area contributed by atoms with E-state index in [4.69, 9.17) is 9.47 Å². The van der Waals surface area contributed by atoms with E-state index in [1.807, 2.05) is 55.6 Å². The molecule has 0 N–H and O–H groups in total. The molecule has 2 aliphatic heterocycles. The van der Waals surface area contributed by atoms with Crippen LogP contribution in [-0.4, -0.2) is 50.1 Å². The van der Waals surface area contributed by atoms with E-state index in [-0.39, 0.29) is 18.0 Å². The van der Waals surface area contributed by atoms with Crippen LogP contribution in [0.15, 0.2) is 72.8 Å². The second kappa shape index (κ2) is 9.69. The minimum Gasteiger partial charge on any atom is -0.454 e. The first-order valence-electron chi connectivity index (χ1n) is 11.6. The summed E-state index contributed by atoms with van der Waals surface area (Å²) >= 11 is 0. The summed E-state index contributed by atoms with van der Waals surface area (Å²) in [6, 6.07) is 23.2. The number of anilines is 1. The van der Waals surface area contributed by atoms with Crippen molar-refractivity contribution in [2.75, 3.05) is 38.3 Å². The number of morpholine rings is 1. The molecular weight excluding hydrogens is 428 g/mol. The summed E-state index contributed by atoms with van der Waals surface area (Å²) in [5.74, 6) is -0.420. The lowest BCUT2D eigenvalue weighted by Crippen LogP contribution is -2.37. The van der Waals surface area contributed by atoms with E-state index in [9.17, 15) is 9.59 Å². The maximum Gasteiger partial charge on any atom is 0.339 e. The Morgan fingerprint density at radius 2 is 1.74 bits per heavy atom. The van der Waals surface area contributed by atoms with E-state index < -0.39 is 0 Å². The summed E-state index contributed by atoms with van der Waals surface area (Å²) < 4.78 is 11.1. The predicted octanol–water partition coefficient (Wildman–Crippen LogP) is 4.25. The van der Waals surface area contributed by atoms with Gasteiger partial charge in [-0.25, -0.2) is 4.79 Å². The van der Waals surface area contributed by atoms with Crippen LogP contribution in [0.3, 0.4) is 0 Å². The molecule has 3 aromatic carbocycles. The summed E-state index contributed by atoms with van der Waals surface area (Å²) in [6.07, 6.45) is 0.208. The lowest BCUT2D eigenvalue weighted by atomic mass is 9.93. The molecule has 0 saturated carbocycles. The zero-order valence-electron chi connectivity index (χ0n) is 19.3. The molecule has 174 valence electrons. The van der Waals surface area contributed by atoms with Gasteiger partial charge in [-0.15, -0.1) is 0 Å². The molecule has 5 rings (SSSR count). The number of cyclic esters (lactones) is 1.